The number of amides is 1. The smallest absolute Gasteiger partial charge is 0.224 e. The number of carbonyl (C=O) groups is 1. The minimum Gasteiger partial charge on any atom is -0.495 e. The third-order valence-electron chi connectivity index (χ3n) is 6.62. The molecule has 1 fully saturated rings. The van der Waals surface area contributed by atoms with Crippen molar-refractivity contribution in [2.45, 2.75) is 13.3 Å². The highest BCUT2D eigenvalue weighted by Crippen LogP contribution is 2.45. The Labute approximate surface area is 222 Å². The molecule has 2 aliphatic rings. The molecule has 0 saturated carbocycles. The number of ether oxygens (including phenoxy) is 2. The van der Waals surface area contributed by atoms with Gasteiger partial charge in [0.15, 0.2) is 0 Å². The first kappa shape index (κ1) is 26.3. The number of piperazine rings is 1. The van der Waals surface area contributed by atoms with E-state index in [4.69, 9.17) is 37.7 Å². The van der Waals surface area contributed by atoms with Crippen LogP contribution in [0, 0.1) is 0 Å². The normalized spacial score (nSPS) is 15.9. The Morgan fingerprint density at radius 3 is 2.33 bits per heavy atom. The molecule has 1 saturated heterocycles. The number of rotatable bonds is 8. The average molecular weight is 535 g/mol. The molecular formula is C25H32Cl2N6O3. The molecule has 194 valence electrons. The monoisotopic (exact) mass is 534 g/mol. The van der Waals surface area contributed by atoms with E-state index in [0.717, 1.165) is 62.6 Å². The van der Waals surface area contributed by atoms with E-state index in [1.54, 1.807) is 40.5 Å². The number of fused-ring (bicyclic) bond motifs is 1. The summed E-state index contributed by atoms with van der Waals surface area (Å²) in [6.07, 6.45) is 4.77. The molecule has 1 amide bonds. The van der Waals surface area contributed by atoms with Gasteiger partial charge in [0.2, 0.25) is 11.9 Å². The van der Waals surface area contributed by atoms with Gasteiger partial charge in [-0.25, -0.2) is 4.98 Å². The summed E-state index contributed by atoms with van der Waals surface area (Å²) in [6.45, 7) is 7.27. The SMILES string of the molecule is CNc1ncc2c(n1)N(CCCN1CCN(C(C)=O)CC1)CC(c1c(Cl)c(OC)cc(OC)c1Cl)=C2. The number of methoxy groups -OCH3 is 2. The van der Waals surface area contributed by atoms with Crippen LogP contribution in [0.2, 0.25) is 10.0 Å². The van der Waals surface area contributed by atoms with Gasteiger partial charge in [-0.05, 0) is 24.6 Å². The number of nitrogens with one attached hydrogen (secondary N) is 1. The highest BCUT2D eigenvalue weighted by molar-refractivity contribution is 6.39. The topological polar surface area (TPSA) is 83.1 Å². The Balaban J connectivity index is 1.58. The maximum Gasteiger partial charge on any atom is 0.224 e. The number of benzene rings is 1. The van der Waals surface area contributed by atoms with Crippen LogP contribution >= 0.6 is 23.2 Å². The zero-order valence-electron chi connectivity index (χ0n) is 21.1. The molecule has 1 aromatic carbocycles. The zero-order chi connectivity index (χ0) is 25.8. The molecule has 1 aromatic heterocycles. The zero-order valence-corrected chi connectivity index (χ0v) is 22.6. The van der Waals surface area contributed by atoms with Gasteiger partial charge in [0.05, 0.1) is 24.3 Å². The Bertz CT molecular complexity index is 1120. The third-order valence-corrected chi connectivity index (χ3v) is 7.38. The lowest BCUT2D eigenvalue weighted by Gasteiger charge is -2.35. The molecule has 9 nitrogen and oxygen atoms in total. The number of aromatic nitrogens is 2. The molecular weight excluding hydrogens is 503 g/mol. The molecule has 1 N–H and O–H groups in total. The van der Waals surface area contributed by atoms with Gasteiger partial charge in [-0.2, -0.15) is 4.98 Å². The van der Waals surface area contributed by atoms with Crippen LogP contribution in [0.15, 0.2) is 12.3 Å². The maximum absolute atomic E-state index is 11.6. The fourth-order valence-corrected chi connectivity index (χ4v) is 5.39. The van der Waals surface area contributed by atoms with Gasteiger partial charge in [-0.3, -0.25) is 9.69 Å². The summed E-state index contributed by atoms with van der Waals surface area (Å²) in [5.41, 5.74) is 2.51. The van der Waals surface area contributed by atoms with Gasteiger partial charge in [0, 0.05) is 76.6 Å². The summed E-state index contributed by atoms with van der Waals surface area (Å²) in [7, 11) is 4.94. The van der Waals surface area contributed by atoms with Crippen molar-refractivity contribution >= 4 is 52.5 Å². The van der Waals surface area contributed by atoms with E-state index in [-0.39, 0.29) is 5.91 Å². The minimum atomic E-state index is 0.144. The van der Waals surface area contributed by atoms with Crippen molar-refractivity contribution < 1.29 is 14.3 Å². The Hall–Kier alpha value is -2.75. The number of carbonyl (C=O) groups excluding carboxylic acids is 1. The first-order chi connectivity index (χ1) is 17.4. The summed E-state index contributed by atoms with van der Waals surface area (Å²) in [5, 5.41) is 3.90. The van der Waals surface area contributed by atoms with Gasteiger partial charge in [0.1, 0.15) is 17.3 Å². The summed E-state index contributed by atoms with van der Waals surface area (Å²) in [6, 6.07) is 1.69. The molecule has 2 aliphatic heterocycles. The predicted octanol–water partition coefficient (Wildman–Crippen LogP) is 3.76. The summed E-state index contributed by atoms with van der Waals surface area (Å²) in [5.74, 6) is 2.57. The van der Waals surface area contributed by atoms with E-state index >= 15 is 0 Å². The molecule has 36 heavy (non-hydrogen) atoms. The van der Waals surface area contributed by atoms with Crippen LogP contribution in [-0.2, 0) is 4.79 Å². The standard InChI is InChI=1S/C25H32Cl2N6O3/c1-16(34)32-10-8-31(9-11-32)6-5-7-33-15-18(12-17-14-29-25(28-2)30-24(17)33)21-22(26)19(35-3)13-20(36-4)23(21)27/h12-14H,5-11,15H2,1-4H3,(H,28,29,30). The second-order valence-electron chi connectivity index (χ2n) is 8.80. The molecule has 0 aliphatic carbocycles. The average Bonchev–Trinajstić information content (AvgIpc) is 2.89. The molecule has 0 spiro atoms. The van der Waals surface area contributed by atoms with Crippen LogP contribution in [0.25, 0.3) is 11.6 Å². The van der Waals surface area contributed by atoms with E-state index in [9.17, 15) is 4.79 Å². The van der Waals surface area contributed by atoms with E-state index < -0.39 is 0 Å². The summed E-state index contributed by atoms with van der Waals surface area (Å²) >= 11 is 13.5. The van der Waals surface area contributed by atoms with Crippen molar-refractivity contribution in [2.75, 3.05) is 77.3 Å². The van der Waals surface area contributed by atoms with E-state index in [1.165, 1.54) is 0 Å². The lowest BCUT2D eigenvalue weighted by atomic mass is 9.98. The number of hydrogen-bond donors (Lipinski definition) is 1. The van der Waals surface area contributed by atoms with Crippen molar-refractivity contribution in [3.05, 3.63) is 33.4 Å². The first-order valence-corrected chi connectivity index (χ1v) is 12.7. The van der Waals surface area contributed by atoms with Crippen LogP contribution in [0.5, 0.6) is 11.5 Å². The number of halogens is 2. The largest absolute Gasteiger partial charge is 0.495 e. The van der Waals surface area contributed by atoms with Crippen molar-refractivity contribution in [1.29, 1.82) is 0 Å². The lowest BCUT2D eigenvalue weighted by Crippen LogP contribution is -2.48. The van der Waals surface area contributed by atoms with Crippen LogP contribution in [-0.4, -0.2) is 92.8 Å². The van der Waals surface area contributed by atoms with Crippen LogP contribution < -0.4 is 19.7 Å². The highest BCUT2D eigenvalue weighted by atomic mass is 35.5. The Kier molecular flexibility index (Phi) is 8.43. The van der Waals surface area contributed by atoms with Crippen molar-refractivity contribution in [3.8, 4) is 11.5 Å². The Morgan fingerprint density at radius 1 is 1.08 bits per heavy atom. The maximum atomic E-state index is 11.6. The lowest BCUT2D eigenvalue weighted by molar-refractivity contribution is -0.130. The number of hydrogen-bond acceptors (Lipinski definition) is 8. The number of anilines is 2. The molecule has 0 unspecified atom stereocenters. The molecule has 0 atom stereocenters. The predicted molar refractivity (Wildman–Crippen MR) is 145 cm³/mol. The molecule has 2 aromatic rings. The first-order valence-electron chi connectivity index (χ1n) is 11.9. The van der Waals surface area contributed by atoms with Gasteiger partial charge < -0.3 is 24.6 Å². The minimum absolute atomic E-state index is 0.144. The van der Waals surface area contributed by atoms with E-state index in [1.807, 2.05) is 11.0 Å². The highest BCUT2D eigenvalue weighted by Gasteiger charge is 2.27. The molecule has 11 heteroatoms. The molecule has 3 heterocycles. The van der Waals surface area contributed by atoms with Gasteiger partial charge in [0.25, 0.3) is 0 Å². The van der Waals surface area contributed by atoms with Gasteiger partial charge in [-0.1, -0.05) is 23.2 Å². The molecule has 4 rings (SSSR count). The van der Waals surface area contributed by atoms with Gasteiger partial charge in [-0.15, -0.1) is 0 Å². The Morgan fingerprint density at radius 2 is 1.75 bits per heavy atom. The molecule has 0 radical (unpaired) electrons. The third kappa shape index (κ3) is 5.48. The molecule has 0 bridgehead atoms. The summed E-state index contributed by atoms with van der Waals surface area (Å²) < 4.78 is 11.0. The van der Waals surface area contributed by atoms with Crippen molar-refractivity contribution in [2.24, 2.45) is 0 Å². The second-order valence-corrected chi connectivity index (χ2v) is 9.55. The van der Waals surface area contributed by atoms with Crippen molar-refractivity contribution in [3.63, 3.8) is 0 Å². The van der Waals surface area contributed by atoms with Crippen molar-refractivity contribution in [1.82, 2.24) is 19.8 Å². The fraction of sp³-hybridized carbons (Fsp3) is 0.480. The van der Waals surface area contributed by atoms with Gasteiger partial charge >= 0.3 is 0 Å². The fourth-order valence-electron chi connectivity index (χ4n) is 4.65. The van der Waals surface area contributed by atoms with Crippen LogP contribution in [0.4, 0.5) is 11.8 Å². The summed E-state index contributed by atoms with van der Waals surface area (Å²) in [4.78, 5) is 27.3. The van der Waals surface area contributed by atoms with E-state index in [0.29, 0.717) is 39.6 Å². The second kappa shape index (κ2) is 11.5. The quantitative estimate of drug-likeness (QED) is 0.548. The van der Waals surface area contributed by atoms with Crippen LogP contribution in [0.3, 0.4) is 0 Å². The van der Waals surface area contributed by atoms with Crippen LogP contribution in [0.1, 0.15) is 24.5 Å². The number of nitrogens with zero attached hydrogens (tertiary/aromatic N) is 5. The van der Waals surface area contributed by atoms with E-state index in [2.05, 4.69) is 20.1 Å².